The second kappa shape index (κ2) is 8.44. The first-order valence-electron chi connectivity index (χ1n) is 11.2. The molecule has 1 aliphatic carbocycles. The number of aromatic nitrogens is 3. The normalized spacial score (nSPS) is 14.2. The summed E-state index contributed by atoms with van der Waals surface area (Å²) in [6.07, 6.45) is 2.36. The van der Waals surface area contributed by atoms with Gasteiger partial charge in [0.25, 0.3) is 0 Å². The van der Waals surface area contributed by atoms with E-state index in [0.29, 0.717) is 36.5 Å². The van der Waals surface area contributed by atoms with Crippen molar-refractivity contribution in [3.8, 4) is 17.0 Å². The molecule has 2 N–H and O–H groups in total. The molecule has 0 spiro atoms. The molecular weight excluding hydrogens is 435 g/mol. The molecule has 1 fully saturated rings. The zero-order valence-corrected chi connectivity index (χ0v) is 19.0. The van der Waals surface area contributed by atoms with Crippen LogP contribution in [0.2, 0.25) is 0 Å². The van der Waals surface area contributed by atoms with Gasteiger partial charge in [-0.05, 0) is 44.0 Å². The summed E-state index contributed by atoms with van der Waals surface area (Å²) in [4.78, 5) is 20.1. The Balaban J connectivity index is 1.31. The standard InChI is InChI=1S/C26H25FN4O3/c1-16-12-18-22(4-3-5-23(18)34-2)31(16)11-10-28-24-14-21(29-15-30-24)17-6-7-19(20(27)13-17)26(8-9-26)25(32)33/h3-7,12-15H,8-11H2,1-2H3,(H,32,33)(H,28,29,30). The zero-order chi connectivity index (χ0) is 23.9. The van der Waals surface area contributed by atoms with Gasteiger partial charge in [-0.15, -0.1) is 0 Å². The number of hydrogen-bond acceptors (Lipinski definition) is 5. The maximum Gasteiger partial charge on any atom is 0.314 e. The summed E-state index contributed by atoms with van der Waals surface area (Å²) in [6, 6.07) is 14.5. The van der Waals surface area contributed by atoms with Crippen LogP contribution >= 0.6 is 0 Å². The second-order valence-corrected chi connectivity index (χ2v) is 8.63. The molecule has 174 valence electrons. The van der Waals surface area contributed by atoms with Gasteiger partial charge in [0.05, 0.1) is 23.7 Å². The highest BCUT2D eigenvalue weighted by atomic mass is 19.1. The van der Waals surface area contributed by atoms with Crippen LogP contribution in [-0.2, 0) is 16.8 Å². The summed E-state index contributed by atoms with van der Waals surface area (Å²) in [5.41, 5.74) is 2.54. The Hall–Kier alpha value is -3.94. The molecular formula is C26H25FN4O3. The number of fused-ring (bicyclic) bond motifs is 1. The van der Waals surface area contributed by atoms with Gasteiger partial charge in [0.15, 0.2) is 0 Å². The third-order valence-electron chi connectivity index (χ3n) is 6.58. The van der Waals surface area contributed by atoms with Crippen LogP contribution in [0.25, 0.3) is 22.2 Å². The van der Waals surface area contributed by atoms with Crippen LogP contribution in [0.5, 0.6) is 5.75 Å². The van der Waals surface area contributed by atoms with Crippen molar-refractivity contribution >= 4 is 22.7 Å². The predicted octanol–water partition coefficient (Wildman–Crippen LogP) is 4.78. The maximum atomic E-state index is 14.8. The van der Waals surface area contributed by atoms with Crippen molar-refractivity contribution < 1.29 is 19.0 Å². The van der Waals surface area contributed by atoms with E-state index in [1.54, 1.807) is 25.3 Å². The molecule has 1 saturated carbocycles. The third kappa shape index (κ3) is 3.75. The number of rotatable bonds is 8. The van der Waals surface area contributed by atoms with Gasteiger partial charge in [-0.25, -0.2) is 14.4 Å². The van der Waals surface area contributed by atoms with E-state index in [1.807, 2.05) is 12.1 Å². The highest BCUT2D eigenvalue weighted by molar-refractivity contribution is 5.87. The summed E-state index contributed by atoms with van der Waals surface area (Å²) in [5.74, 6) is -0.0138. The van der Waals surface area contributed by atoms with Crippen LogP contribution in [0.15, 0.2) is 54.9 Å². The first kappa shape index (κ1) is 21.9. The fourth-order valence-corrected chi connectivity index (χ4v) is 4.56. The molecule has 0 saturated heterocycles. The molecule has 2 aromatic carbocycles. The number of nitrogens with one attached hydrogen (secondary N) is 1. The fraction of sp³-hybridized carbons (Fsp3) is 0.269. The van der Waals surface area contributed by atoms with Gasteiger partial charge in [0.2, 0.25) is 0 Å². The van der Waals surface area contributed by atoms with Crippen LogP contribution in [0.4, 0.5) is 10.2 Å². The number of ether oxygens (including phenoxy) is 1. The number of carbonyl (C=O) groups is 1. The minimum Gasteiger partial charge on any atom is -0.496 e. The first-order valence-corrected chi connectivity index (χ1v) is 11.2. The van der Waals surface area contributed by atoms with E-state index in [9.17, 15) is 14.3 Å². The molecule has 1 aliphatic rings. The predicted molar refractivity (Wildman–Crippen MR) is 128 cm³/mol. The molecule has 0 aliphatic heterocycles. The molecule has 8 heteroatoms. The average Bonchev–Trinajstić information content (AvgIpc) is 3.58. The second-order valence-electron chi connectivity index (χ2n) is 8.63. The molecule has 0 radical (unpaired) electrons. The number of halogens is 1. The minimum absolute atomic E-state index is 0.238. The quantitative estimate of drug-likeness (QED) is 0.393. The van der Waals surface area contributed by atoms with Crippen LogP contribution in [-0.4, -0.2) is 39.3 Å². The van der Waals surface area contributed by atoms with E-state index in [2.05, 4.69) is 38.9 Å². The number of carboxylic acid groups (broad SMARTS) is 1. The maximum absolute atomic E-state index is 14.8. The van der Waals surface area contributed by atoms with Crippen molar-refractivity contribution in [2.45, 2.75) is 31.7 Å². The van der Waals surface area contributed by atoms with Crippen molar-refractivity contribution in [2.24, 2.45) is 0 Å². The summed E-state index contributed by atoms with van der Waals surface area (Å²) in [6.45, 7) is 3.42. The first-order chi connectivity index (χ1) is 16.4. The van der Waals surface area contributed by atoms with Gasteiger partial charge >= 0.3 is 5.97 Å². The highest BCUT2D eigenvalue weighted by Crippen LogP contribution is 2.49. The van der Waals surface area contributed by atoms with Gasteiger partial charge < -0.3 is 19.7 Å². The molecule has 7 nitrogen and oxygen atoms in total. The molecule has 2 heterocycles. The summed E-state index contributed by atoms with van der Waals surface area (Å²) < 4.78 is 22.5. The lowest BCUT2D eigenvalue weighted by atomic mass is 9.94. The largest absolute Gasteiger partial charge is 0.496 e. The van der Waals surface area contributed by atoms with Gasteiger partial charge in [-0.2, -0.15) is 0 Å². The number of methoxy groups -OCH3 is 1. The van der Waals surface area contributed by atoms with E-state index in [0.717, 1.165) is 28.9 Å². The van der Waals surface area contributed by atoms with Crippen molar-refractivity contribution in [1.82, 2.24) is 14.5 Å². The Kier molecular flexibility index (Phi) is 5.43. The topological polar surface area (TPSA) is 89.3 Å². The molecule has 34 heavy (non-hydrogen) atoms. The number of nitrogens with zero attached hydrogens (tertiary/aromatic N) is 3. The number of hydrogen-bond donors (Lipinski definition) is 2. The minimum atomic E-state index is -1.08. The van der Waals surface area contributed by atoms with Gasteiger partial charge in [-0.1, -0.05) is 18.2 Å². The fourth-order valence-electron chi connectivity index (χ4n) is 4.56. The monoisotopic (exact) mass is 460 g/mol. The lowest BCUT2D eigenvalue weighted by Crippen LogP contribution is -2.20. The van der Waals surface area contributed by atoms with Gasteiger partial charge in [-0.3, -0.25) is 4.79 Å². The van der Waals surface area contributed by atoms with E-state index in [-0.39, 0.29) is 5.56 Å². The molecule has 2 aromatic heterocycles. The lowest BCUT2D eigenvalue weighted by Gasteiger charge is -2.13. The Morgan fingerprint density at radius 1 is 1.21 bits per heavy atom. The molecule has 0 atom stereocenters. The molecule has 0 amide bonds. The van der Waals surface area contributed by atoms with E-state index < -0.39 is 17.2 Å². The van der Waals surface area contributed by atoms with Gasteiger partial charge in [0, 0.05) is 41.4 Å². The average molecular weight is 461 g/mol. The van der Waals surface area contributed by atoms with Crippen molar-refractivity contribution in [3.63, 3.8) is 0 Å². The Morgan fingerprint density at radius 3 is 2.74 bits per heavy atom. The molecule has 0 unspecified atom stereocenters. The Bertz CT molecular complexity index is 1390. The van der Waals surface area contributed by atoms with Crippen LogP contribution < -0.4 is 10.1 Å². The van der Waals surface area contributed by atoms with Crippen molar-refractivity contribution in [3.05, 3.63) is 71.9 Å². The van der Waals surface area contributed by atoms with Gasteiger partial charge in [0.1, 0.15) is 23.7 Å². The molecule has 5 rings (SSSR count). The van der Waals surface area contributed by atoms with Crippen LogP contribution in [0, 0.1) is 12.7 Å². The number of anilines is 1. The Morgan fingerprint density at radius 2 is 2.03 bits per heavy atom. The number of aryl methyl sites for hydroxylation is 1. The van der Waals surface area contributed by atoms with Crippen LogP contribution in [0.1, 0.15) is 24.1 Å². The number of aliphatic carboxylic acids is 1. The van der Waals surface area contributed by atoms with E-state index >= 15 is 0 Å². The lowest BCUT2D eigenvalue weighted by molar-refractivity contribution is -0.140. The summed E-state index contributed by atoms with van der Waals surface area (Å²) in [5, 5.41) is 13.8. The molecule has 4 aromatic rings. The van der Waals surface area contributed by atoms with E-state index in [4.69, 9.17) is 4.74 Å². The summed E-state index contributed by atoms with van der Waals surface area (Å²) >= 11 is 0. The van der Waals surface area contributed by atoms with E-state index in [1.165, 1.54) is 12.4 Å². The Labute approximate surface area is 196 Å². The smallest absolute Gasteiger partial charge is 0.314 e. The third-order valence-corrected chi connectivity index (χ3v) is 6.58. The van der Waals surface area contributed by atoms with Crippen molar-refractivity contribution in [2.75, 3.05) is 19.0 Å². The zero-order valence-electron chi connectivity index (χ0n) is 19.0. The van der Waals surface area contributed by atoms with Crippen LogP contribution in [0.3, 0.4) is 0 Å². The highest BCUT2D eigenvalue weighted by Gasteiger charge is 2.53. The number of carboxylic acids is 1. The van der Waals surface area contributed by atoms with Crippen molar-refractivity contribution in [1.29, 1.82) is 0 Å². The summed E-state index contributed by atoms with van der Waals surface area (Å²) in [7, 11) is 1.67. The molecule has 0 bridgehead atoms. The number of benzene rings is 2. The SMILES string of the molecule is COc1cccc2c1cc(C)n2CCNc1cc(-c2ccc(C3(C(=O)O)CC3)c(F)c2)ncn1.